The fraction of sp³-hybridized carbons (Fsp3) is 0.235. The van der Waals surface area contributed by atoms with Crippen LogP contribution in [0.3, 0.4) is 0 Å². The van der Waals surface area contributed by atoms with Crippen molar-refractivity contribution in [2.24, 2.45) is 0 Å². The van der Waals surface area contributed by atoms with Crippen molar-refractivity contribution in [2.45, 2.75) is 13.5 Å². The zero-order chi connectivity index (χ0) is 15.9. The second-order valence-corrected chi connectivity index (χ2v) is 4.61. The van der Waals surface area contributed by atoms with Crippen molar-refractivity contribution in [3.63, 3.8) is 0 Å². The fourth-order valence-electron chi connectivity index (χ4n) is 2.12. The van der Waals surface area contributed by atoms with Gasteiger partial charge in [-0.15, -0.1) is 0 Å². The Morgan fingerprint density at radius 2 is 1.95 bits per heavy atom. The van der Waals surface area contributed by atoms with Crippen LogP contribution in [0.15, 0.2) is 42.5 Å². The van der Waals surface area contributed by atoms with Crippen molar-refractivity contribution in [2.75, 3.05) is 19.0 Å². The molecule has 2 rings (SSSR count). The van der Waals surface area contributed by atoms with Gasteiger partial charge in [0.15, 0.2) is 0 Å². The van der Waals surface area contributed by atoms with Gasteiger partial charge in [-0.1, -0.05) is 18.2 Å². The standard InChI is InChI=1S/C17H19NO4/c1-3-22-15-7-5-4-6-13(15)11-18-14-10-12(17(19)20)8-9-16(14)21-2/h4-10,18H,3,11H2,1-2H3,(H,19,20). The number of carbonyl (C=O) groups is 1. The van der Waals surface area contributed by atoms with Gasteiger partial charge < -0.3 is 19.9 Å². The number of benzene rings is 2. The maximum atomic E-state index is 11.1. The van der Waals surface area contributed by atoms with Crippen LogP contribution in [0.25, 0.3) is 0 Å². The lowest BCUT2D eigenvalue weighted by molar-refractivity contribution is 0.0697. The van der Waals surface area contributed by atoms with Gasteiger partial charge in [0.1, 0.15) is 11.5 Å². The van der Waals surface area contributed by atoms with Crippen LogP contribution in [0.5, 0.6) is 11.5 Å². The number of hydrogen-bond donors (Lipinski definition) is 2. The third-order valence-electron chi connectivity index (χ3n) is 3.19. The molecule has 0 bridgehead atoms. The number of rotatable bonds is 7. The molecular formula is C17H19NO4. The summed E-state index contributed by atoms with van der Waals surface area (Å²) in [5, 5.41) is 12.3. The molecule has 0 radical (unpaired) electrons. The highest BCUT2D eigenvalue weighted by Gasteiger charge is 2.10. The third kappa shape index (κ3) is 3.69. The fourth-order valence-corrected chi connectivity index (χ4v) is 2.12. The third-order valence-corrected chi connectivity index (χ3v) is 3.19. The number of anilines is 1. The molecule has 116 valence electrons. The van der Waals surface area contributed by atoms with Gasteiger partial charge in [-0.25, -0.2) is 4.79 Å². The second kappa shape index (κ2) is 7.36. The topological polar surface area (TPSA) is 67.8 Å². The number of carboxylic acid groups (broad SMARTS) is 1. The predicted octanol–water partition coefficient (Wildman–Crippen LogP) is 3.40. The van der Waals surface area contributed by atoms with E-state index in [0.29, 0.717) is 24.6 Å². The molecule has 0 saturated carbocycles. The molecule has 2 aromatic carbocycles. The van der Waals surface area contributed by atoms with Gasteiger partial charge >= 0.3 is 5.97 Å². The molecule has 0 aromatic heterocycles. The van der Waals surface area contributed by atoms with Crippen molar-refractivity contribution < 1.29 is 19.4 Å². The molecule has 5 heteroatoms. The predicted molar refractivity (Wildman–Crippen MR) is 84.9 cm³/mol. The van der Waals surface area contributed by atoms with Gasteiger partial charge in [0, 0.05) is 12.1 Å². The van der Waals surface area contributed by atoms with Crippen LogP contribution >= 0.6 is 0 Å². The first-order valence-electron chi connectivity index (χ1n) is 7.01. The van der Waals surface area contributed by atoms with Crippen LogP contribution in [-0.2, 0) is 6.54 Å². The number of para-hydroxylation sites is 1. The number of ether oxygens (including phenoxy) is 2. The second-order valence-electron chi connectivity index (χ2n) is 4.61. The molecular weight excluding hydrogens is 282 g/mol. The van der Waals surface area contributed by atoms with Crippen LogP contribution in [0, 0.1) is 0 Å². The van der Waals surface area contributed by atoms with Crippen LogP contribution in [0.4, 0.5) is 5.69 Å². The molecule has 0 fully saturated rings. The summed E-state index contributed by atoms with van der Waals surface area (Å²) in [7, 11) is 1.55. The first-order chi connectivity index (χ1) is 10.7. The molecule has 2 aromatic rings. The molecule has 2 N–H and O–H groups in total. The SMILES string of the molecule is CCOc1ccccc1CNc1cc(C(=O)O)ccc1OC. The van der Waals surface area contributed by atoms with E-state index in [-0.39, 0.29) is 5.56 Å². The molecule has 0 unspecified atom stereocenters. The normalized spacial score (nSPS) is 10.1. The van der Waals surface area contributed by atoms with Gasteiger partial charge in [-0.3, -0.25) is 0 Å². The van der Waals surface area contributed by atoms with Crippen LogP contribution in [0.2, 0.25) is 0 Å². The Hall–Kier alpha value is -2.69. The van der Waals surface area contributed by atoms with E-state index in [4.69, 9.17) is 14.6 Å². The molecule has 0 amide bonds. The largest absolute Gasteiger partial charge is 0.495 e. The Morgan fingerprint density at radius 3 is 2.64 bits per heavy atom. The quantitative estimate of drug-likeness (QED) is 0.820. The smallest absolute Gasteiger partial charge is 0.335 e. The lowest BCUT2D eigenvalue weighted by Gasteiger charge is -2.14. The number of methoxy groups -OCH3 is 1. The summed E-state index contributed by atoms with van der Waals surface area (Å²) in [6, 6.07) is 12.4. The van der Waals surface area contributed by atoms with Gasteiger partial charge in [0.05, 0.1) is 25.0 Å². The van der Waals surface area contributed by atoms with E-state index < -0.39 is 5.97 Å². The molecule has 0 spiro atoms. The van der Waals surface area contributed by atoms with Crippen molar-refractivity contribution in [1.29, 1.82) is 0 Å². The molecule has 0 heterocycles. The van der Waals surface area contributed by atoms with E-state index in [1.807, 2.05) is 31.2 Å². The minimum Gasteiger partial charge on any atom is -0.495 e. The van der Waals surface area contributed by atoms with Crippen LogP contribution < -0.4 is 14.8 Å². The lowest BCUT2D eigenvalue weighted by Crippen LogP contribution is -2.06. The maximum Gasteiger partial charge on any atom is 0.335 e. The Kier molecular flexibility index (Phi) is 5.25. The minimum absolute atomic E-state index is 0.210. The summed E-state index contributed by atoms with van der Waals surface area (Å²) in [5.41, 5.74) is 1.84. The van der Waals surface area contributed by atoms with Crippen LogP contribution in [0.1, 0.15) is 22.8 Å². The molecule has 0 aliphatic carbocycles. The van der Waals surface area contributed by atoms with Crippen molar-refractivity contribution in [3.8, 4) is 11.5 Å². The van der Waals surface area contributed by atoms with E-state index >= 15 is 0 Å². The number of hydrogen-bond acceptors (Lipinski definition) is 4. The maximum absolute atomic E-state index is 11.1. The average molecular weight is 301 g/mol. The first-order valence-corrected chi connectivity index (χ1v) is 7.01. The van der Waals surface area contributed by atoms with E-state index in [2.05, 4.69) is 5.32 Å². The van der Waals surface area contributed by atoms with E-state index in [9.17, 15) is 4.79 Å². The van der Waals surface area contributed by atoms with Crippen molar-refractivity contribution >= 4 is 11.7 Å². The van der Waals surface area contributed by atoms with Crippen LogP contribution in [-0.4, -0.2) is 24.8 Å². The Bertz CT molecular complexity index is 655. The van der Waals surface area contributed by atoms with Gasteiger partial charge in [-0.2, -0.15) is 0 Å². The molecule has 0 atom stereocenters. The summed E-state index contributed by atoms with van der Waals surface area (Å²) in [6.45, 7) is 3.04. The monoisotopic (exact) mass is 301 g/mol. The Balaban J connectivity index is 2.20. The van der Waals surface area contributed by atoms with Gasteiger partial charge in [0.25, 0.3) is 0 Å². The summed E-state index contributed by atoms with van der Waals surface area (Å²) >= 11 is 0. The highest BCUT2D eigenvalue weighted by molar-refractivity contribution is 5.89. The molecule has 0 aliphatic rings. The van der Waals surface area contributed by atoms with Gasteiger partial charge in [0.2, 0.25) is 0 Å². The highest BCUT2D eigenvalue weighted by atomic mass is 16.5. The average Bonchev–Trinajstić information content (AvgIpc) is 2.54. The summed E-state index contributed by atoms with van der Waals surface area (Å²) in [5.74, 6) is 0.435. The number of nitrogens with one attached hydrogen (secondary N) is 1. The zero-order valence-electron chi connectivity index (χ0n) is 12.6. The molecule has 0 aliphatic heterocycles. The summed E-state index contributed by atoms with van der Waals surface area (Å²) in [4.78, 5) is 11.1. The van der Waals surface area contributed by atoms with Crippen molar-refractivity contribution in [1.82, 2.24) is 0 Å². The highest BCUT2D eigenvalue weighted by Crippen LogP contribution is 2.27. The molecule has 0 saturated heterocycles. The van der Waals surface area contributed by atoms with Crippen molar-refractivity contribution in [3.05, 3.63) is 53.6 Å². The number of aromatic carboxylic acids is 1. The van der Waals surface area contributed by atoms with Gasteiger partial charge in [-0.05, 0) is 31.2 Å². The summed E-state index contributed by atoms with van der Waals surface area (Å²) < 4.78 is 10.8. The molecule has 22 heavy (non-hydrogen) atoms. The lowest BCUT2D eigenvalue weighted by atomic mass is 10.1. The Morgan fingerprint density at radius 1 is 1.18 bits per heavy atom. The zero-order valence-corrected chi connectivity index (χ0v) is 12.6. The Labute approximate surface area is 129 Å². The van der Waals surface area contributed by atoms with E-state index in [0.717, 1.165) is 11.3 Å². The van der Waals surface area contributed by atoms with E-state index in [1.165, 1.54) is 6.07 Å². The van der Waals surface area contributed by atoms with E-state index in [1.54, 1.807) is 19.2 Å². The summed E-state index contributed by atoms with van der Waals surface area (Å²) in [6.07, 6.45) is 0. The minimum atomic E-state index is -0.972. The number of carboxylic acids is 1. The molecule has 5 nitrogen and oxygen atoms in total. The first kappa shape index (κ1) is 15.7.